The highest BCUT2D eigenvalue weighted by molar-refractivity contribution is 5.93. The first-order valence-corrected chi connectivity index (χ1v) is 5.87. The first kappa shape index (κ1) is 12.8. The Kier molecular flexibility index (Phi) is 2.98. The quantitative estimate of drug-likeness (QED) is 0.806. The number of urea groups is 1. The largest absolute Gasteiger partial charge is 0.371 e. The predicted molar refractivity (Wildman–Crippen MR) is 67.2 cm³/mol. The fraction of sp³-hybridized carbons (Fsp3) is 0.583. The minimum Gasteiger partial charge on any atom is -0.371 e. The van der Waals surface area contributed by atoms with Crippen LogP contribution in [-0.2, 0) is 5.41 Å². The number of anilines is 1. The second kappa shape index (κ2) is 4.20. The van der Waals surface area contributed by atoms with E-state index < -0.39 is 6.23 Å². The van der Waals surface area contributed by atoms with E-state index in [-0.39, 0.29) is 18.0 Å². The van der Waals surface area contributed by atoms with Crippen LogP contribution >= 0.6 is 0 Å². The fourth-order valence-corrected chi connectivity index (χ4v) is 1.82. The van der Waals surface area contributed by atoms with Crippen LogP contribution in [0, 0.1) is 0 Å². The summed E-state index contributed by atoms with van der Waals surface area (Å²) >= 11 is 0. The molecule has 1 fully saturated rings. The molecule has 0 saturated carbocycles. The van der Waals surface area contributed by atoms with Crippen LogP contribution in [0.2, 0.25) is 0 Å². The van der Waals surface area contributed by atoms with Gasteiger partial charge in [0, 0.05) is 12.5 Å². The maximum Gasteiger partial charge on any atom is 0.327 e. The fourth-order valence-electron chi connectivity index (χ4n) is 1.82. The molecule has 0 aliphatic carbocycles. The third-order valence-electron chi connectivity index (χ3n) is 2.93. The van der Waals surface area contributed by atoms with Gasteiger partial charge in [-0.25, -0.2) is 9.69 Å². The lowest BCUT2D eigenvalue weighted by Crippen LogP contribution is -2.35. The molecule has 1 saturated heterocycles. The minimum atomic E-state index is -0.864. The number of aliphatic hydroxyl groups is 1. The zero-order valence-corrected chi connectivity index (χ0v) is 11.1. The van der Waals surface area contributed by atoms with Crippen LogP contribution in [0.25, 0.3) is 0 Å². The maximum absolute atomic E-state index is 11.8. The molecule has 0 spiro atoms. The highest BCUT2D eigenvalue weighted by atomic mass is 16.3. The third kappa shape index (κ3) is 2.15. The van der Waals surface area contributed by atoms with Crippen LogP contribution in [0.5, 0.6) is 0 Å². The number of amides is 2. The molecular weight excluding hydrogens is 232 g/mol. The van der Waals surface area contributed by atoms with Gasteiger partial charge in [0.15, 0.2) is 12.0 Å². The molecule has 1 aliphatic rings. The van der Waals surface area contributed by atoms with E-state index in [4.69, 9.17) is 0 Å². The van der Waals surface area contributed by atoms with E-state index in [0.29, 0.717) is 5.82 Å². The number of hydrogen-bond donors (Lipinski definition) is 1. The van der Waals surface area contributed by atoms with E-state index in [9.17, 15) is 9.90 Å². The Morgan fingerprint density at radius 3 is 2.39 bits per heavy atom. The zero-order chi connectivity index (χ0) is 13.5. The SMILES string of the molecule is CN1CC(O)N(c2ccc(C(C)(C)C)nn2)C1=O. The summed E-state index contributed by atoms with van der Waals surface area (Å²) in [4.78, 5) is 14.5. The molecule has 98 valence electrons. The Labute approximate surface area is 106 Å². The van der Waals surface area contributed by atoms with E-state index in [1.807, 2.05) is 26.8 Å². The Morgan fingerprint density at radius 1 is 1.33 bits per heavy atom. The monoisotopic (exact) mass is 250 g/mol. The van der Waals surface area contributed by atoms with Crippen molar-refractivity contribution < 1.29 is 9.90 Å². The lowest BCUT2D eigenvalue weighted by atomic mass is 9.92. The lowest BCUT2D eigenvalue weighted by molar-refractivity contribution is 0.183. The van der Waals surface area contributed by atoms with Crippen LogP contribution in [0.4, 0.5) is 10.6 Å². The summed E-state index contributed by atoms with van der Waals surface area (Å²) in [5.74, 6) is 0.379. The predicted octanol–water partition coefficient (Wildman–Crippen LogP) is 0.964. The second-order valence-electron chi connectivity index (χ2n) is 5.54. The average molecular weight is 250 g/mol. The summed E-state index contributed by atoms with van der Waals surface area (Å²) in [5.41, 5.74) is 0.761. The highest BCUT2D eigenvalue weighted by Gasteiger charge is 2.36. The van der Waals surface area contributed by atoms with Crippen LogP contribution in [0.15, 0.2) is 12.1 Å². The molecule has 1 atom stereocenters. The normalized spacial score (nSPS) is 20.7. The molecule has 1 aromatic rings. The summed E-state index contributed by atoms with van der Waals surface area (Å²) in [5, 5.41) is 18.0. The number of aliphatic hydroxyl groups excluding tert-OH is 1. The number of likely N-dealkylation sites (N-methyl/N-ethyl adjacent to an activating group) is 1. The maximum atomic E-state index is 11.8. The minimum absolute atomic E-state index is 0.0873. The van der Waals surface area contributed by atoms with Gasteiger partial charge >= 0.3 is 6.03 Å². The van der Waals surface area contributed by atoms with Crippen LogP contribution < -0.4 is 4.90 Å². The molecule has 1 N–H and O–H groups in total. The Balaban J connectivity index is 2.28. The molecule has 0 bridgehead atoms. The van der Waals surface area contributed by atoms with Gasteiger partial charge in [0.05, 0.1) is 12.2 Å². The lowest BCUT2D eigenvalue weighted by Gasteiger charge is -2.20. The van der Waals surface area contributed by atoms with Crippen LogP contribution in [-0.4, -0.2) is 46.1 Å². The van der Waals surface area contributed by atoms with Gasteiger partial charge in [-0.3, -0.25) is 0 Å². The summed E-state index contributed by atoms with van der Waals surface area (Å²) in [6, 6.07) is 3.29. The smallest absolute Gasteiger partial charge is 0.327 e. The molecule has 2 heterocycles. The summed E-state index contributed by atoms with van der Waals surface area (Å²) in [7, 11) is 1.64. The molecule has 6 nitrogen and oxygen atoms in total. The van der Waals surface area contributed by atoms with Crippen LogP contribution in [0.1, 0.15) is 26.5 Å². The number of β-amino-alcohol motifs (C(OH)–C–C–N with tert-alkyl or cyclic N) is 1. The van der Waals surface area contributed by atoms with E-state index >= 15 is 0 Å². The molecule has 0 aromatic carbocycles. The first-order valence-electron chi connectivity index (χ1n) is 5.87. The number of hydrogen-bond acceptors (Lipinski definition) is 4. The van der Waals surface area contributed by atoms with Crippen molar-refractivity contribution in [3.8, 4) is 0 Å². The first-order chi connectivity index (χ1) is 8.30. The van der Waals surface area contributed by atoms with E-state index in [0.717, 1.165) is 5.69 Å². The van der Waals surface area contributed by atoms with Crippen molar-refractivity contribution in [3.05, 3.63) is 17.8 Å². The number of nitrogens with zero attached hydrogens (tertiary/aromatic N) is 4. The standard InChI is InChI=1S/C12H18N4O2/c1-12(2,3)8-5-6-9(14-13-8)16-10(17)7-15(4)11(16)18/h5-6,10,17H,7H2,1-4H3. The number of aromatic nitrogens is 2. The highest BCUT2D eigenvalue weighted by Crippen LogP contribution is 2.23. The molecule has 1 unspecified atom stereocenters. The van der Waals surface area contributed by atoms with Crippen molar-refractivity contribution in [2.24, 2.45) is 0 Å². The van der Waals surface area contributed by atoms with Crippen molar-refractivity contribution in [1.82, 2.24) is 15.1 Å². The van der Waals surface area contributed by atoms with Crippen molar-refractivity contribution in [2.75, 3.05) is 18.5 Å². The summed E-state index contributed by atoms with van der Waals surface area (Å²) < 4.78 is 0. The van der Waals surface area contributed by atoms with Gasteiger partial charge in [-0.1, -0.05) is 20.8 Å². The van der Waals surface area contributed by atoms with Gasteiger partial charge in [0.1, 0.15) is 0 Å². The Hall–Kier alpha value is -1.69. The van der Waals surface area contributed by atoms with Crippen molar-refractivity contribution in [1.29, 1.82) is 0 Å². The molecule has 2 amide bonds. The van der Waals surface area contributed by atoms with E-state index in [1.165, 1.54) is 9.80 Å². The Bertz CT molecular complexity index is 452. The van der Waals surface area contributed by atoms with Gasteiger partial charge in [0.2, 0.25) is 0 Å². The van der Waals surface area contributed by atoms with Gasteiger partial charge < -0.3 is 10.0 Å². The Morgan fingerprint density at radius 2 is 2.00 bits per heavy atom. The van der Waals surface area contributed by atoms with Gasteiger partial charge in [-0.05, 0) is 12.1 Å². The molecule has 18 heavy (non-hydrogen) atoms. The molecule has 1 aromatic heterocycles. The molecule has 2 rings (SSSR count). The summed E-state index contributed by atoms with van der Waals surface area (Å²) in [6.07, 6.45) is -0.864. The van der Waals surface area contributed by atoms with Crippen molar-refractivity contribution in [2.45, 2.75) is 32.4 Å². The van der Waals surface area contributed by atoms with Crippen LogP contribution in [0.3, 0.4) is 0 Å². The number of carbonyl (C=O) groups excluding carboxylic acids is 1. The third-order valence-corrected chi connectivity index (χ3v) is 2.93. The van der Waals surface area contributed by atoms with Crippen molar-refractivity contribution >= 4 is 11.8 Å². The molecular formula is C12H18N4O2. The number of rotatable bonds is 1. The molecule has 6 heteroatoms. The number of carbonyl (C=O) groups is 1. The second-order valence-corrected chi connectivity index (χ2v) is 5.54. The summed E-state index contributed by atoms with van der Waals surface area (Å²) in [6.45, 7) is 6.41. The molecule has 0 radical (unpaired) electrons. The van der Waals surface area contributed by atoms with Gasteiger partial charge in [-0.2, -0.15) is 5.10 Å². The molecule has 1 aliphatic heterocycles. The van der Waals surface area contributed by atoms with E-state index in [1.54, 1.807) is 13.1 Å². The topological polar surface area (TPSA) is 69.6 Å². The van der Waals surface area contributed by atoms with Crippen molar-refractivity contribution in [3.63, 3.8) is 0 Å². The average Bonchev–Trinajstić information content (AvgIpc) is 2.52. The van der Waals surface area contributed by atoms with Gasteiger partial charge in [-0.15, -0.1) is 5.10 Å². The zero-order valence-electron chi connectivity index (χ0n) is 11.1. The van der Waals surface area contributed by atoms with E-state index in [2.05, 4.69) is 10.2 Å². The van der Waals surface area contributed by atoms with Gasteiger partial charge in [0.25, 0.3) is 0 Å².